The lowest BCUT2D eigenvalue weighted by molar-refractivity contribution is -0.137. The standard InChI is InChI=1S/C54H65F3N8O8/c1-34(2)48(62-44(66)16-12-9-13-26-64-46(68)23-24-47(64)69)51(70)58-30-45(67)59-39-20-17-37(18-21-39)33-73-53(72)60-40(29-55)25-27-65(52(71)35(3)4)49(54(5,6)7)50-61-43(41-28-38(56)19-22-42(41)57)32-63(50)31-36-14-10-8-11-15-36/h8,10-11,14-15,17-24,28,32,34,40,48-49H,3,9,12-13,16,25-27,29-31,33H2,1-2,4-7H3,(H,58,70)(H,59,67)(H,60,72)(H,62,66). The topological polar surface area (TPSA) is 201 Å². The molecule has 16 nitrogen and oxygen atoms in total. The quantitative estimate of drug-likeness (QED) is 0.0292. The summed E-state index contributed by atoms with van der Waals surface area (Å²) in [5, 5.41) is 10.5. The molecule has 73 heavy (non-hydrogen) atoms. The van der Waals surface area contributed by atoms with Crippen LogP contribution in [0.25, 0.3) is 11.3 Å². The van der Waals surface area contributed by atoms with E-state index >= 15 is 4.39 Å². The van der Waals surface area contributed by atoms with E-state index in [1.165, 1.54) is 17.1 Å². The van der Waals surface area contributed by atoms with Crippen LogP contribution in [0, 0.1) is 23.0 Å². The van der Waals surface area contributed by atoms with Crippen molar-refractivity contribution in [2.45, 2.75) is 105 Å². The molecule has 1 aromatic heterocycles. The van der Waals surface area contributed by atoms with Gasteiger partial charge in [0.2, 0.25) is 23.6 Å². The number of unbranched alkanes of at least 4 members (excludes halogenated alkanes) is 2. The SMILES string of the molecule is C=C(C)C(=O)N(CCC(CF)NC(=O)OCc1ccc(NC(=O)CNC(=O)C(NC(=O)CCCCCN2C(=O)C=CC2=O)C(C)C)cc1)C(c1nc(-c2cc(F)ccc2F)cn1Cc1ccccc1)C(C)(C)C. The fraction of sp³-hybridized carbons (Fsp3) is 0.407. The molecule has 3 aromatic carbocycles. The molecule has 0 bridgehead atoms. The number of nitrogens with one attached hydrogen (secondary N) is 4. The summed E-state index contributed by atoms with van der Waals surface area (Å²) >= 11 is 0. The highest BCUT2D eigenvalue weighted by atomic mass is 19.1. The Morgan fingerprint density at radius 1 is 0.863 bits per heavy atom. The normalized spacial score (nSPS) is 13.6. The third-order valence-corrected chi connectivity index (χ3v) is 11.9. The average Bonchev–Trinajstić information content (AvgIpc) is 3.90. The van der Waals surface area contributed by atoms with Crippen molar-refractivity contribution < 1.29 is 51.5 Å². The van der Waals surface area contributed by atoms with Crippen LogP contribution in [0.4, 0.5) is 23.7 Å². The number of imidazole rings is 1. The molecule has 0 spiro atoms. The summed E-state index contributed by atoms with van der Waals surface area (Å²) in [6, 6.07) is 16.1. The lowest BCUT2D eigenvalue weighted by Crippen LogP contribution is -2.51. The maximum absolute atomic E-state index is 15.2. The van der Waals surface area contributed by atoms with Gasteiger partial charge in [0, 0.05) is 61.2 Å². The van der Waals surface area contributed by atoms with Crippen molar-refractivity contribution in [3.05, 3.63) is 132 Å². The summed E-state index contributed by atoms with van der Waals surface area (Å²) in [6.07, 6.45) is 4.86. The largest absolute Gasteiger partial charge is 0.445 e. The van der Waals surface area contributed by atoms with Crippen LogP contribution in [0.1, 0.15) is 96.6 Å². The van der Waals surface area contributed by atoms with E-state index in [0.717, 1.165) is 28.7 Å². The number of amides is 7. The van der Waals surface area contributed by atoms with Gasteiger partial charge in [-0.2, -0.15) is 0 Å². The molecular formula is C54H65F3N8O8. The molecule has 390 valence electrons. The number of nitrogens with zero attached hydrogens (tertiary/aromatic N) is 4. The van der Waals surface area contributed by atoms with Gasteiger partial charge >= 0.3 is 6.09 Å². The summed E-state index contributed by atoms with van der Waals surface area (Å²) in [5.41, 5.74) is 1.37. The zero-order valence-corrected chi connectivity index (χ0v) is 42.1. The van der Waals surface area contributed by atoms with Gasteiger partial charge in [-0.15, -0.1) is 0 Å². The number of carbonyl (C=O) groups is 7. The molecule has 0 radical (unpaired) electrons. The van der Waals surface area contributed by atoms with E-state index in [9.17, 15) is 42.3 Å². The highest BCUT2D eigenvalue weighted by molar-refractivity contribution is 6.12. The maximum atomic E-state index is 15.2. The van der Waals surface area contributed by atoms with E-state index in [4.69, 9.17) is 9.72 Å². The molecule has 5 rings (SSSR count). The Morgan fingerprint density at radius 3 is 2.18 bits per heavy atom. The first kappa shape index (κ1) is 56.3. The molecule has 0 fully saturated rings. The van der Waals surface area contributed by atoms with Gasteiger partial charge in [0.25, 0.3) is 11.8 Å². The first-order chi connectivity index (χ1) is 34.6. The van der Waals surface area contributed by atoms with Gasteiger partial charge in [-0.1, -0.05) is 90.1 Å². The lowest BCUT2D eigenvalue weighted by atomic mass is 9.84. The molecule has 0 saturated heterocycles. The molecule has 4 N–H and O–H groups in total. The van der Waals surface area contributed by atoms with Gasteiger partial charge in [-0.05, 0) is 79.0 Å². The van der Waals surface area contributed by atoms with Gasteiger partial charge in [0.1, 0.15) is 36.8 Å². The molecule has 3 unspecified atom stereocenters. The minimum atomic E-state index is -1.08. The predicted octanol–water partition coefficient (Wildman–Crippen LogP) is 7.70. The van der Waals surface area contributed by atoms with Crippen LogP contribution >= 0.6 is 0 Å². The zero-order chi connectivity index (χ0) is 53.4. The Labute approximate surface area is 423 Å². The molecule has 2 heterocycles. The summed E-state index contributed by atoms with van der Waals surface area (Å²) in [5.74, 6) is -3.83. The van der Waals surface area contributed by atoms with E-state index in [-0.39, 0.29) is 86.1 Å². The number of benzene rings is 3. The number of hydrogen-bond acceptors (Lipinski definition) is 9. The second-order valence-corrected chi connectivity index (χ2v) is 19.4. The average molecular weight is 1010 g/mol. The van der Waals surface area contributed by atoms with Crippen LogP contribution in [0.15, 0.2) is 103 Å². The van der Waals surface area contributed by atoms with Crippen molar-refractivity contribution in [2.75, 3.05) is 31.6 Å². The molecule has 1 aliphatic heterocycles. The lowest BCUT2D eigenvalue weighted by Gasteiger charge is -2.40. The number of rotatable bonds is 25. The Balaban J connectivity index is 1.13. The van der Waals surface area contributed by atoms with E-state index in [1.54, 1.807) is 55.8 Å². The van der Waals surface area contributed by atoms with Gasteiger partial charge < -0.3 is 35.5 Å². The van der Waals surface area contributed by atoms with E-state index in [1.807, 2.05) is 51.1 Å². The molecule has 1 aliphatic rings. The molecule has 0 saturated carbocycles. The number of hydrogen-bond donors (Lipinski definition) is 4. The second-order valence-electron chi connectivity index (χ2n) is 19.4. The number of alkyl carbamates (subject to hydrolysis) is 1. The zero-order valence-electron chi connectivity index (χ0n) is 42.1. The number of alkyl halides is 1. The summed E-state index contributed by atoms with van der Waals surface area (Å²) in [4.78, 5) is 96.3. The number of ether oxygens (including phenoxy) is 1. The number of anilines is 1. The Morgan fingerprint density at radius 2 is 1.55 bits per heavy atom. The van der Waals surface area contributed by atoms with Crippen molar-refractivity contribution in [3.63, 3.8) is 0 Å². The van der Waals surface area contributed by atoms with E-state index in [0.29, 0.717) is 36.3 Å². The van der Waals surface area contributed by atoms with E-state index in [2.05, 4.69) is 27.8 Å². The van der Waals surface area contributed by atoms with Crippen molar-refractivity contribution in [2.24, 2.45) is 11.3 Å². The van der Waals surface area contributed by atoms with Crippen LogP contribution in [0.3, 0.4) is 0 Å². The number of imide groups is 1. The van der Waals surface area contributed by atoms with Crippen LogP contribution in [-0.2, 0) is 46.7 Å². The molecule has 4 aromatic rings. The first-order valence-electron chi connectivity index (χ1n) is 24.2. The number of carbonyl (C=O) groups excluding carboxylic acids is 7. The van der Waals surface area contributed by atoms with E-state index < -0.39 is 65.7 Å². The monoisotopic (exact) mass is 1010 g/mol. The number of halogens is 3. The highest BCUT2D eigenvalue weighted by Gasteiger charge is 2.39. The summed E-state index contributed by atoms with van der Waals surface area (Å²) in [7, 11) is 0. The fourth-order valence-corrected chi connectivity index (χ4v) is 8.14. The third kappa shape index (κ3) is 16.5. The van der Waals surface area contributed by atoms with Crippen molar-refractivity contribution in [1.29, 1.82) is 0 Å². The Kier molecular flexibility index (Phi) is 20.2. The second kappa shape index (κ2) is 26.2. The molecule has 3 atom stereocenters. The Hall–Kier alpha value is -7.57. The maximum Gasteiger partial charge on any atom is 0.407 e. The summed E-state index contributed by atoms with van der Waals surface area (Å²) in [6.45, 7) is 13.6. The summed E-state index contributed by atoms with van der Waals surface area (Å²) < 4.78 is 51.4. The molecular weight excluding hydrogens is 946 g/mol. The predicted molar refractivity (Wildman–Crippen MR) is 269 cm³/mol. The van der Waals surface area contributed by atoms with Crippen molar-refractivity contribution >= 4 is 47.2 Å². The first-order valence-corrected chi connectivity index (χ1v) is 24.2. The van der Waals surface area contributed by atoms with Crippen LogP contribution < -0.4 is 21.3 Å². The van der Waals surface area contributed by atoms with Gasteiger partial charge in [0.15, 0.2) is 0 Å². The van der Waals surface area contributed by atoms with Crippen LogP contribution in [-0.4, -0.2) is 99.3 Å². The number of aromatic nitrogens is 2. The Bertz CT molecular complexity index is 2630. The van der Waals surface area contributed by atoms with Crippen molar-refractivity contribution in [3.8, 4) is 11.3 Å². The van der Waals surface area contributed by atoms with Crippen LogP contribution in [0.2, 0.25) is 0 Å². The third-order valence-electron chi connectivity index (χ3n) is 11.9. The molecule has 0 aliphatic carbocycles. The van der Waals surface area contributed by atoms with Crippen LogP contribution in [0.5, 0.6) is 0 Å². The molecule has 7 amide bonds. The smallest absolute Gasteiger partial charge is 0.407 e. The fourth-order valence-electron chi connectivity index (χ4n) is 8.14. The van der Waals surface area contributed by atoms with Crippen molar-refractivity contribution in [1.82, 2.24) is 35.3 Å². The van der Waals surface area contributed by atoms with Gasteiger partial charge in [0.05, 0.1) is 24.3 Å². The highest BCUT2D eigenvalue weighted by Crippen LogP contribution is 2.40. The van der Waals surface area contributed by atoms with Gasteiger partial charge in [-0.25, -0.2) is 22.9 Å². The minimum Gasteiger partial charge on any atom is -0.445 e. The van der Waals surface area contributed by atoms with Gasteiger partial charge in [-0.3, -0.25) is 33.7 Å². The molecule has 19 heteroatoms. The minimum absolute atomic E-state index is 0.0434.